The Morgan fingerprint density at radius 2 is 1.74 bits per heavy atom. The van der Waals surface area contributed by atoms with Gasteiger partial charge < -0.3 is 15.4 Å². The van der Waals surface area contributed by atoms with Gasteiger partial charge in [0.05, 0.1) is 0 Å². The van der Waals surface area contributed by atoms with Gasteiger partial charge in [-0.3, -0.25) is 9.59 Å². The third-order valence-electron chi connectivity index (χ3n) is 5.13. The molecule has 1 heterocycles. The van der Waals surface area contributed by atoms with Crippen molar-refractivity contribution in [2.24, 2.45) is 0 Å². The molecule has 1 saturated heterocycles. The number of amides is 4. The molecule has 7 nitrogen and oxygen atoms in total. The fourth-order valence-corrected chi connectivity index (χ4v) is 3.32. The minimum atomic E-state index is -0.681. The van der Waals surface area contributed by atoms with Crippen LogP contribution in [-0.2, 0) is 16.2 Å². The van der Waals surface area contributed by atoms with Crippen LogP contribution in [0, 0.1) is 12.7 Å². The van der Waals surface area contributed by atoms with Crippen molar-refractivity contribution in [1.82, 2.24) is 10.2 Å². The lowest BCUT2D eigenvalue weighted by atomic mass is 10.1. The van der Waals surface area contributed by atoms with E-state index in [0.29, 0.717) is 17.0 Å². The third-order valence-corrected chi connectivity index (χ3v) is 5.13. The van der Waals surface area contributed by atoms with E-state index in [4.69, 9.17) is 4.74 Å². The molecule has 2 N–H and O–H groups in total. The molecular formula is C26H22FN3O4. The highest BCUT2D eigenvalue weighted by Gasteiger charge is 2.35. The molecule has 1 fully saturated rings. The number of aryl methyl sites for hydroxylation is 1. The van der Waals surface area contributed by atoms with Gasteiger partial charge in [0, 0.05) is 11.3 Å². The Kier molecular flexibility index (Phi) is 6.68. The number of urea groups is 1. The van der Waals surface area contributed by atoms with Crippen molar-refractivity contribution in [3.05, 3.63) is 101 Å². The van der Waals surface area contributed by atoms with Gasteiger partial charge in [-0.1, -0.05) is 48.0 Å². The maximum absolute atomic E-state index is 13.1. The SMILES string of the molecule is Cc1ccc(NC(=O)CN2C(=O)N/C(=C/c3ccccc3OCc3ccc(F)cc3)C2=O)cc1. The van der Waals surface area contributed by atoms with Crippen molar-refractivity contribution in [3.8, 4) is 5.75 Å². The number of anilines is 1. The molecule has 3 aromatic carbocycles. The lowest BCUT2D eigenvalue weighted by molar-refractivity contribution is -0.127. The minimum Gasteiger partial charge on any atom is -0.488 e. The zero-order chi connectivity index (χ0) is 24.1. The van der Waals surface area contributed by atoms with E-state index in [1.807, 2.05) is 19.1 Å². The van der Waals surface area contributed by atoms with Crippen LogP contribution in [0.15, 0.2) is 78.5 Å². The summed E-state index contributed by atoms with van der Waals surface area (Å²) < 4.78 is 18.9. The molecule has 0 radical (unpaired) electrons. The van der Waals surface area contributed by atoms with Gasteiger partial charge in [0.1, 0.15) is 30.4 Å². The van der Waals surface area contributed by atoms with E-state index in [-0.39, 0.29) is 18.1 Å². The van der Waals surface area contributed by atoms with Crippen LogP contribution in [0.1, 0.15) is 16.7 Å². The van der Waals surface area contributed by atoms with E-state index in [0.717, 1.165) is 16.0 Å². The van der Waals surface area contributed by atoms with Gasteiger partial charge in [-0.15, -0.1) is 0 Å². The lowest BCUT2D eigenvalue weighted by Crippen LogP contribution is -2.38. The van der Waals surface area contributed by atoms with Crippen LogP contribution in [0.5, 0.6) is 5.75 Å². The predicted molar refractivity (Wildman–Crippen MR) is 125 cm³/mol. The molecule has 0 unspecified atom stereocenters. The number of carbonyl (C=O) groups excluding carboxylic acids is 3. The number of nitrogens with one attached hydrogen (secondary N) is 2. The fourth-order valence-electron chi connectivity index (χ4n) is 3.32. The molecule has 0 saturated carbocycles. The van der Waals surface area contributed by atoms with Gasteiger partial charge in [-0.25, -0.2) is 14.1 Å². The summed E-state index contributed by atoms with van der Waals surface area (Å²) in [6, 6.07) is 19.5. The maximum atomic E-state index is 13.1. The molecular weight excluding hydrogens is 437 g/mol. The zero-order valence-corrected chi connectivity index (χ0v) is 18.4. The second kappa shape index (κ2) is 9.99. The molecule has 0 bridgehead atoms. The first-order chi connectivity index (χ1) is 16.4. The molecule has 0 aromatic heterocycles. The lowest BCUT2D eigenvalue weighted by Gasteiger charge is -2.12. The Hall–Kier alpha value is -4.46. The van der Waals surface area contributed by atoms with E-state index in [9.17, 15) is 18.8 Å². The predicted octanol–water partition coefficient (Wildman–Crippen LogP) is 4.24. The molecule has 4 amide bonds. The number of imide groups is 1. The first-order valence-electron chi connectivity index (χ1n) is 10.6. The summed E-state index contributed by atoms with van der Waals surface area (Å²) in [6.45, 7) is 1.71. The molecule has 1 aliphatic rings. The van der Waals surface area contributed by atoms with E-state index in [1.165, 1.54) is 18.2 Å². The maximum Gasteiger partial charge on any atom is 0.329 e. The van der Waals surface area contributed by atoms with Gasteiger partial charge >= 0.3 is 6.03 Å². The molecule has 0 spiro atoms. The molecule has 4 rings (SSSR count). The number of benzene rings is 3. The highest BCUT2D eigenvalue weighted by Crippen LogP contribution is 2.24. The van der Waals surface area contributed by atoms with Crippen molar-refractivity contribution < 1.29 is 23.5 Å². The molecule has 0 aliphatic carbocycles. The van der Waals surface area contributed by atoms with Gasteiger partial charge in [0.25, 0.3) is 5.91 Å². The number of halogens is 1. The number of hydrogen-bond donors (Lipinski definition) is 2. The minimum absolute atomic E-state index is 0.0333. The van der Waals surface area contributed by atoms with Crippen LogP contribution < -0.4 is 15.4 Å². The molecule has 1 aliphatic heterocycles. The first-order valence-corrected chi connectivity index (χ1v) is 10.6. The van der Waals surface area contributed by atoms with Gasteiger partial charge in [-0.05, 0) is 48.9 Å². The summed E-state index contributed by atoms with van der Waals surface area (Å²) in [6.07, 6.45) is 1.50. The average Bonchev–Trinajstić information content (AvgIpc) is 3.08. The van der Waals surface area contributed by atoms with Crippen LogP contribution >= 0.6 is 0 Å². The number of rotatable bonds is 7. The smallest absolute Gasteiger partial charge is 0.329 e. The van der Waals surface area contributed by atoms with Crippen LogP contribution in [0.3, 0.4) is 0 Å². The molecule has 0 atom stereocenters. The Morgan fingerprint density at radius 3 is 2.47 bits per heavy atom. The zero-order valence-electron chi connectivity index (χ0n) is 18.4. The monoisotopic (exact) mass is 459 g/mol. The van der Waals surface area contributed by atoms with E-state index in [2.05, 4.69) is 10.6 Å². The normalized spacial score (nSPS) is 14.3. The molecule has 172 valence electrons. The summed E-state index contributed by atoms with van der Waals surface area (Å²) in [4.78, 5) is 38.3. The molecule has 8 heteroatoms. The highest BCUT2D eigenvalue weighted by molar-refractivity contribution is 6.16. The molecule has 3 aromatic rings. The van der Waals surface area contributed by atoms with Gasteiger partial charge in [0.15, 0.2) is 0 Å². The number of hydrogen-bond acceptors (Lipinski definition) is 4. The quantitative estimate of drug-likeness (QED) is 0.409. The van der Waals surface area contributed by atoms with E-state index in [1.54, 1.807) is 48.5 Å². The van der Waals surface area contributed by atoms with Crippen molar-refractivity contribution >= 4 is 29.6 Å². The fraction of sp³-hybridized carbons (Fsp3) is 0.115. The summed E-state index contributed by atoms with van der Waals surface area (Å²) in [5, 5.41) is 5.18. The van der Waals surface area contributed by atoms with Gasteiger partial charge in [0.2, 0.25) is 5.91 Å². The summed E-state index contributed by atoms with van der Waals surface area (Å²) in [5.74, 6) is -0.951. The number of nitrogens with zero attached hydrogens (tertiary/aromatic N) is 1. The standard InChI is InChI=1S/C26H22FN3O4/c1-17-6-12-21(13-7-17)28-24(31)15-30-25(32)22(29-26(30)33)14-19-4-2-3-5-23(19)34-16-18-8-10-20(27)11-9-18/h2-14H,15-16H2,1H3,(H,28,31)(H,29,33)/b22-14+. The number of ether oxygens (including phenoxy) is 1. The first kappa shape index (κ1) is 22.7. The number of para-hydroxylation sites is 1. The van der Waals surface area contributed by atoms with Crippen molar-refractivity contribution in [2.45, 2.75) is 13.5 Å². The second-order valence-corrected chi connectivity index (χ2v) is 7.75. The van der Waals surface area contributed by atoms with Crippen LogP contribution in [0.2, 0.25) is 0 Å². The Bertz CT molecular complexity index is 1250. The van der Waals surface area contributed by atoms with Gasteiger partial charge in [-0.2, -0.15) is 0 Å². The van der Waals surface area contributed by atoms with E-state index < -0.39 is 24.4 Å². The third kappa shape index (κ3) is 5.47. The average molecular weight is 459 g/mol. The summed E-state index contributed by atoms with van der Waals surface area (Å²) in [7, 11) is 0. The Morgan fingerprint density at radius 1 is 1.03 bits per heavy atom. The Balaban J connectivity index is 1.44. The highest BCUT2D eigenvalue weighted by atomic mass is 19.1. The van der Waals surface area contributed by atoms with Crippen LogP contribution in [0.25, 0.3) is 6.08 Å². The van der Waals surface area contributed by atoms with Crippen molar-refractivity contribution in [2.75, 3.05) is 11.9 Å². The summed E-state index contributed by atoms with van der Waals surface area (Å²) in [5.41, 5.74) is 3.00. The van der Waals surface area contributed by atoms with Crippen molar-refractivity contribution in [1.29, 1.82) is 0 Å². The van der Waals surface area contributed by atoms with E-state index >= 15 is 0 Å². The second-order valence-electron chi connectivity index (χ2n) is 7.75. The molecule has 34 heavy (non-hydrogen) atoms. The number of carbonyl (C=O) groups is 3. The summed E-state index contributed by atoms with van der Waals surface area (Å²) >= 11 is 0. The largest absolute Gasteiger partial charge is 0.488 e. The van der Waals surface area contributed by atoms with Crippen molar-refractivity contribution in [3.63, 3.8) is 0 Å². The topological polar surface area (TPSA) is 87.7 Å². The Labute approximate surface area is 195 Å². The van der Waals surface area contributed by atoms with Crippen LogP contribution in [0.4, 0.5) is 14.9 Å². The van der Waals surface area contributed by atoms with Crippen LogP contribution in [-0.4, -0.2) is 29.3 Å².